The molecule has 0 N–H and O–H groups in total. The van der Waals surface area contributed by atoms with Crippen LogP contribution in [0.5, 0.6) is 0 Å². The maximum atomic E-state index is 15.4. The lowest BCUT2D eigenvalue weighted by Crippen LogP contribution is -2.41. The minimum absolute atomic E-state index is 0.184. The third-order valence-electron chi connectivity index (χ3n) is 5.54. The smallest absolute Gasteiger partial charge is 0.398 e. The maximum Gasteiger partial charge on any atom is 0.525 e. The summed E-state index contributed by atoms with van der Waals surface area (Å²) in [5.41, 5.74) is 1.22. The molecule has 1 aliphatic rings. The van der Waals surface area contributed by atoms with Crippen LogP contribution >= 0.6 is 0 Å². The SMILES string of the molecule is CC(=C(F)B1OC(C)(C)C(C)(C)O1)C(c1ccccc1)c1ccccc1. The van der Waals surface area contributed by atoms with Crippen LogP contribution in [-0.4, -0.2) is 18.3 Å². The quantitative estimate of drug-likeness (QED) is 0.658. The van der Waals surface area contributed by atoms with Crippen LogP contribution in [0.4, 0.5) is 4.39 Å². The Labute approximate surface area is 156 Å². The summed E-state index contributed by atoms with van der Waals surface area (Å²) in [4.78, 5) is 0. The summed E-state index contributed by atoms with van der Waals surface area (Å²) in [6.45, 7) is 9.55. The molecule has 1 aliphatic heterocycles. The average molecular weight is 352 g/mol. The van der Waals surface area contributed by atoms with E-state index in [2.05, 4.69) is 0 Å². The van der Waals surface area contributed by atoms with E-state index in [9.17, 15) is 0 Å². The van der Waals surface area contributed by atoms with Crippen LogP contribution in [-0.2, 0) is 9.31 Å². The van der Waals surface area contributed by atoms with Gasteiger partial charge < -0.3 is 9.31 Å². The Balaban J connectivity index is 2.03. The Bertz CT molecular complexity index is 729. The van der Waals surface area contributed by atoms with Crippen LogP contribution in [0.1, 0.15) is 51.7 Å². The Kier molecular flexibility index (Phi) is 5.09. The van der Waals surface area contributed by atoms with Gasteiger partial charge in [-0.05, 0) is 51.3 Å². The van der Waals surface area contributed by atoms with E-state index in [0.717, 1.165) is 11.1 Å². The molecule has 2 aromatic rings. The molecule has 2 nitrogen and oxygen atoms in total. The molecule has 1 heterocycles. The van der Waals surface area contributed by atoms with E-state index in [1.54, 1.807) is 0 Å². The van der Waals surface area contributed by atoms with Crippen molar-refractivity contribution in [2.24, 2.45) is 0 Å². The minimum Gasteiger partial charge on any atom is -0.398 e. The van der Waals surface area contributed by atoms with Gasteiger partial charge in [0.05, 0.1) is 11.2 Å². The van der Waals surface area contributed by atoms with Gasteiger partial charge in [-0.2, -0.15) is 0 Å². The highest BCUT2D eigenvalue weighted by atomic mass is 19.1. The van der Waals surface area contributed by atoms with Crippen molar-refractivity contribution in [2.75, 3.05) is 0 Å². The van der Waals surface area contributed by atoms with Gasteiger partial charge in [0.15, 0.2) is 0 Å². The van der Waals surface area contributed by atoms with Gasteiger partial charge in [0.1, 0.15) is 5.73 Å². The van der Waals surface area contributed by atoms with Crippen LogP contribution in [0.3, 0.4) is 0 Å². The topological polar surface area (TPSA) is 18.5 Å². The highest BCUT2D eigenvalue weighted by Gasteiger charge is 2.53. The first-order valence-electron chi connectivity index (χ1n) is 9.04. The number of rotatable bonds is 4. The zero-order valence-corrected chi connectivity index (χ0v) is 16.1. The molecule has 0 spiro atoms. The number of hydrogen-bond acceptors (Lipinski definition) is 2. The van der Waals surface area contributed by atoms with Gasteiger partial charge >= 0.3 is 7.12 Å². The van der Waals surface area contributed by atoms with Crippen molar-refractivity contribution in [2.45, 2.75) is 51.7 Å². The van der Waals surface area contributed by atoms with Gasteiger partial charge in [-0.15, -0.1) is 0 Å². The summed E-state index contributed by atoms with van der Waals surface area (Å²) in [6.07, 6.45) is 0. The predicted molar refractivity (Wildman–Crippen MR) is 105 cm³/mol. The Morgan fingerprint density at radius 1 is 0.808 bits per heavy atom. The molecule has 0 saturated carbocycles. The van der Waals surface area contributed by atoms with Gasteiger partial charge in [0, 0.05) is 5.92 Å². The first kappa shape index (κ1) is 18.9. The molecule has 0 atom stereocenters. The standard InChI is InChI=1S/C22H26BFO2/c1-16(20(24)23-25-21(2,3)22(4,5)26-23)19(17-12-8-6-9-13-17)18-14-10-7-11-15-18/h6-15,19H,1-5H3. The fourth-order valence-corrected chi connectivity index (χ4v) is 3.25. The molecule has 0 bridgehead atoms. The first-order chi connectivity index (χ1) is 12.2. The molecule has 0 aromatic heterocycles. The van der Waals surface area contributed by atoms with Gasteiger partial charge in [0.25, 0.3) is 0 Å². The van der Waals surface area contributed by atoms with E-state index >= 15 is 4.39 Å². The van der Waals surface area contributed by atoms with Gasteiger partial charge in [0.2, 0.25) is 0 Å². The fourth-order valence-electron chi connectivity index (χ4n) is 3.25. The summed E-state index contributed by atoms with van der Waals surface area (Å²) in [7, 11) is -0.977. The predicted octanol–water partition coefficient (Wildman–Crippen LogP) is 5.69. The van der Waals surface area contributed by atoms with Crippen molar-refractivity contribution >= 4 is 7.12 Å². The second kappa shape index (κ2) is 7.01. The van der Waals surface area contributed by atoms with E-state index in [-0.39, 0.29) is 11.6 Å². The zero-order valence-electron chi connectivity index (χ0n) is 16.1. The second-order valence-corrected chi connectivity index (χ2v) is 7.87. The lowest BCUT2D eigenvalue weighted by atomic mass is 9.77. The highest BCUT2D eigenvalue weighted by molar-refractivity contribution is 6.53. The Morgan fingerprint density at radius 3 is 1.58 bits per heavy atom. The Hall–Kier alpha value is -1.91. The van der Waals surface area contributed by atoms with Crippen LogP contribution < -0.4 is 0 Å². The van der Waals surface area contributed by atoms with Crippen molar-refractivity contribution in [1.29, 1.82) is 0 Å². The third-order valence-corrected chi connectivity index (χ3v) is 5.54. The number of halogens is 1. The van der Waals surface area contributed by atoms with Gasteiger partial charge in [-0.1, -0.05) is 60.7 Å². The largest absolute Gasteiger partial charge is 0.525 e. The summed E-state index contributed by atoms with van der Waals surface area (Å²) < 4.78 is 27.3. The summed E-state index contributed by atoms with van der Waals surface area (Å²) in [5.74, 6) is -0.184. The molecule has 26 heavy (non-hydrogen) atoms. The number of allylic oxidation sites excluding steroid dienone is 1. The molecule has 1 saturated heterocycles. The van der Waals surface area contributed by atoms with Crippen LogP contribution in [0, 0.1) is 0 Å². The molecule has 1 fully saturated rings. The monoisotopic (exact) mass is 352 g/mol. The van der Waals surface area contributed by atoms with E-state index < -0.39 is 18.3 Å². The van der Waals surface area contributed by atoms with Crippen molar-refractivity contribution < 1.29 is 13.7 Å². The minimum atomic E-state index is -0.977. The van der Waals surface area contributed by atoms with E-state index in [1.807, 2.05) is 95.3 Å². The molecular formula is C22H26BFO2. The van der Waals surface area contributed by atoms with Crippen LogP contribution in [0.25, 0.3) is 0 Å². The summed E-state index contributed by atoms with van der Waals surface area (Å²) >= 11 is 0. The molecule has 2 aromatic carbocycles. The van der Waals surface area contributed by atoms with Crippen molar-refractivity contribution in [3.63, 3.8) is 0 Å². The van der Waals surface area contributed by atoms with Crippen molar-refractivity contribution in [1.82, 2.24) is 0 Å². The van der Waals surface area contributed by atoms with Gasteiger partial charge in [-0.3, -0.25) is 0 Å². The highest BCUT2D eigenvalue weighted by Crippen LogP contribution is 2.41. The third kappa shape index (κ3) is 3.49. The molecule has 0 unspecified atom stereocenters. The normalized spacial score (nSPS) is 19.6. The number of hydrogen-bond donors (Lipinski definition) is 0. The molecule has 136 valence electrons. The van der Waals surface area contributed by atoms with E-state index in [0.29, 0.717) is 5.57 Å². The molecule has 3 rings (SSSR count). The Morgan fingerprint density at radius 2 is 1.19 bits per heavy atom. The maximum absolute atomic E-state index is 15.4. The summed E-state index contributed by atoms with van der Waals surface area (Å²) in [5, 5.41) is 0. The van der Waals surface area contributed by atoms with Crippen molar-refractivity contribution in [3.05, 3.63) is 83.1 Å². The van der Waals surface area contributed by atoms with E-state index in [1.165, 1.54) is 0 Å². The van der Waals surface area contributed by atoms with Crippen molar-refractivity contribution in [3.8, 4) is 0 Å². The zero-order chi connectivity index (χ0) is 18.9. The average Bonchev–Trinajstić information content (AvgIpc) is 2.84. The van der Waals surface area contributed by atoms with E-state index in [4.69, 9.17) is 9.31 Å². The van der Waals surface area contributed by atoms with Gasteiger partial charge in [-0.25, -0.2) is 4.39 Å². The number of benzene rings is 2. The van der Waals surface area contributed by atoms with Crippen LogP contribution in [0.2, 0.25) is 0 Å². The summed E-state index contributed by atoms with van der Waals surface area (Å²) in [6, 6.07) is 20.0. The lowest BCUT2D eigenvalue weighted by molar-refractivity contribution is 0.00578. The van der Waals surface area contributed by atoms with Crippen LogP contribution in [0.15, 0.2) is 72.0 Å². The fraction of sp³-hybridized carbons (Fsp3) is 0.364. The second-order valence-electron chi connectivity index (χ2n) is 7.87. The molecule has 4 heteroatoms. The molecule has 0 radical (unpaired) electrons. The molecular weight excluding hydrogens is 326 g/mol. The lowest BCUT2D eigenvalue weighted by Gasteiger charge is -2.32. The molecule has 0 aliphatic carbocycles. The molecule has 0 amide bonds. The first-order valence-corrected chi connectivity index (χ1v) is 9.04.